The first-order valence-corrected chi connectivity index (χ1v) is 6.16. The zero-order valence-electron chi connectivity index (χ0n) is 9.47. The highest BCUT2D eigenvalue weighted by atomic mass is 15.2. The minimum absolute atomic E-state index is 0.851. The van der Waals surface area contributed by atoms with Gasteiger partial charge in [-0.25, -0.2) is 0 Å². The molecule has 2 nitrogen and oxygen atoms in total. The zero-order valence-corrected chi connectivity index (χ0v) is 9.47. The molecule has 1 saturated carbocycles. The van der Waals surface area contributed by atoms with Crippen LogP contribution in [0.2, 0.25) is 0 Å². The fraction of sp³-hybridized carbons (Fsp3) is 0.917. The Morgan fingerprint density at radius 3 is 2.07 bits per heavy atom. The Balaban J connectivity index is 1.82. The summed E-state index contributed by atoms with van der Waals surface area (Å²) in [7, 11) is 6.43. The third-order valence-corrected chi connectivity index (χ3v) is 4.14. The van der Waals surface area contributed by atoms with Crippen molar-refractivity contribution < 1.29 is 4.90 Å². The summed E-state index contributed by atoms with van der Waals surface area (Å²) in [5, 5.41) is 0. The summed E-state index contributed by atoms with van der Waals surface area (Å²) in [5.74, 6) is 0. The summed E-state index contributed by atoms with van der Waals surface area (Å²) in [4.78, 5) is 4.14. The number of nitrogens with one attached hydrogen (secondary N) is 1. The standard InChI is InChI=1S/C12H24N2/c1-13-9-7-12(8-10-13)14(2)11-5-3-4-6-11/h11-13H,1,3-10H2,2H3. The summed E-state index contributed by atoms with van der Waals surface area (Å²) in [6.45, 7) is 2.53. The molecule has 1 heterocycles. The van der Waals surface area contributed by atoms with Crippen molar-refractivity contribution in [3.8, 4) is 0 Å². The lowest BCUT2D eigenvalue weighted by Crippen LogP contribution is -3.08. The molecule has 0 bridgehead atoms. The van der Waals surface area contributed by atoms with E-state index in [-0.39, 0.29) is 0 Å². The van der Waals surface area contributed by atoms with E-state index in [0.717, 1.165) is 12.1 Å². The molecule has 1 N–H and O–H groups in total. The van der Waals surface area contributed by atoms with Gasteiger partial charge in [-0.05, 0) is 19.9 Å². The maximum absolute atomic E-state index is 4.09. The van der Waals surface area contributed by atoms with Crippen LogP contribution in [0.1, 0.15) is 38.5 Å². The van der Waals surface area contributed by atoms with Crippen LogP contribution in [-0.2, 0) is 0 Å². The summed E-state index contributed by atoms with van der Waals surface area (Å²) in [5.41, 5.74) is 0. The molecule has 1 aliphatic heterocycles. The maximum atomic E-state index is 4.09. The van der Waals surface area contributed by atoms with Crippen molar-refractivity contribution in [1.29, 1.82) is 0 Å². The van der Waals surface area contributed by atoms with Gasteiger partial charge in [-0.15, -0.1) is 0 Å². The second-order valence-electron chi connectivity index (χ2n) is 5.08. The van der Waals surface area contributed by atoms with Gasteiger partial charge in [0, 0.05) is 24.9 Å². The largest absolute Gasteiger partial charge is 0.468 e. The third-order valence-electron chi connectivity index (χ3n) is 4.14. The van der Waals surface area contributed by atoms with Crippen molar-refractivity contribution in [1.82, 2.24) is 4.90 Å². The summed E-state index contributed by atoms with van der Waals surface area (Å²) >= 11 is 0. The van der Waals surface area contributed by atoms with Crippen LogP contribution in [0, 0.1) is 7.05 Å². The number of hydrogen-bond donors (Lipinski definition) is 1. The van der Waals surface area contributed by atoms with Crippen LogP contribution in [0.3, 0.4) is 0 Å². The van der Waals surface area contributed by atoms with Gasteiger partial charge < -0.3 is 9.80 Å². The van der Waals surface area contributed by atoms with E-state index in [1.165, 1.54) is 56.5 Å². The van der Waals surface area contributed by atoms with Gasteiger partial charge in [0.15, 0.2) is 0 Å². The van der Waals surface area contributed by atoms with Gasteiger partial charge in [0.05, 0.1) is 13.1 Å². The van der Waals surface area contributed by atoms with E-state index in [1.807, 2.05) is 0 Å². The van der Waals surface area contributed by atoms with Crippen molar-refractivity contribution in [3.63, 3.8) is 0 Å². The highest BCUT2D eigenvalue weighted by Gasteiger charge is 2.27. The van der Waals surface area contributed by atoms with E-state index in [1.54, 1.807) is 0 Å². The molecule has 1 saturated heterocycles. The minimum Gasteiger partial charge on any atom is -0.468 e. The second-order valence-corrected chi connectivity index (χ2v) is 5.08. The third kappa shape index (κ3) is 2.29. The monoisotopic (exact) mass is 196 g/mol. The number of nitrogens with zero attached hydrogens (tertiary/aromatic N) is 1. The van der Waals surface area contributed by atoms with Gasteiger partial charge >= 0.3 is 0 Å². The molecule has 0 aromatic carbocycles. The number of rotatable bonds is 2. The number of piperidine rings is 1. The Kier molecular flexibility index (Phi) is 3.45. The van der Waals surface area contributed by atoms with Crippen molar-refractivity contribution in [2.75, 3.05) is 20.1 Å². The van der Waals surface area contributed by atoms with Crippen LogP contribution in [-0.4, -0.2) is 37.1 Å². The minimum atomic E-state index is 0.851. The molecular formula is C12H24N2. The Hall–Kier alpha value is -0.0800. The number of hydrogen-bond acceptors (Lipinski definition) is 1. The average molecular weight is 196 g/mol. The predicted molar refractivity (Wildman–Crippen MR) is 59.1 cm³/mol. The Labute approximate surface area is 88.3 Å². The molecule has 0 amide bonds. The van der Waals surface area contributed by atoms with Gasteiger partial charge in [-0.3, -0.25) is 0 Å². The molecule has 2 rings (SSSR count). The Morgan fingerprint density at radius 1 is 1.00 bits per heavy atom. The number of likely N-dealkylation sites (tertiary alicyclic amines) is 1. The molecule has 2 heteroatoms. The predicted octanol–water partition coefficient (Wildman–Crippen LogP) is 0.700. The molecule has 14 heavy (non-hydrogen) atoms. The van der Waals surface area contributed by atoms with Gasteiger partial charge in [0.1, 0.15) is 0 Å². The summed E-state index contributed by atoms with van der Waals surface area (Å²) < 4.78 is 0. The van der Waals surface area contributed by atoms with Crippen molar-refractivity contribution in [3.05, 3.63) is 7.05 Å². The van der Waals surface area contributed by atoms with Crippen molar-refractivity contribution in [2.45, 2.75) is 50.6 Å². The van der Waals surface area contributed by atoms with E-state index in [2.05, 4.69) is 19.0 Å². The quantitative estimate of drug-likeness (QED) is 0.639. The Bertz CT molecular complexity index is 167. The molecule has 0 unspecified atom stereocenters. The first-order valence-electron chi connectivity index (χ1n) is 6.16. The molecule has 1 aliphatic carbocycles. The van der Waals surface area contributed by atoms with Crippen molar-refractivity contribution in [2.24, 2.45) is 0 Å². The van der Waals surface area contributed by atoms with E-state index in [0.29, 0.717) is 0 Å². The van der Waals surface area contributed by atoms with Crippen LogP contribution >= 0.6 is 0 Å². The van der Waals surface area contributed by atoms with Gasteiger partial charge in [-0.1, -0.05) is 12.8 Å². The molecule has 82 valence electrons. The fourth-order valence-corrected chi connectivity index (χ4v) is 3.03. The lowest BCUT2D eigenvalue weighted by Gasteiger charge is -2.38. The molecule has 0 aromatic heterocycles. The molecule has 0 atom stereocenters. The lowest BCUT2D eigenvalue weighted by molar-refractivity contribution is -0.859. The summed E-state index contributed by atoms with van der Waals surface area (Å²) in [6, 6.07) is 1.75. The van der Waals surface area contributed by atoms with Crippen LogP contribution in [0.15, 0.2) is 0 Å². The molecule has 2 fully saturated rings. The zero-order chi connectivity index (χ0) is 9.97. The van der Waals surface area contributed by atoms with Crippen LogP contribution in [0.5, 0.6) is 0 Å². The smallest absolute Gasteiger partial charge is 0.0545 e. The molecule has 2 aliphatic rings. The highest BCUT2D eigenvalue weighted by molar-refractivity contribution is 4.81. The first kappa shape index (κ1) is 10.4. The SMILES string of the molecule is [CH2-][NH+]1CCC(N(C)C2CCCC2)CC1. The fourth-order valence-electron chi connectivity index (χ4n) is 3.03. The van der Waals surface area contributed by atoms with E-state index in [9.17, 15) is 0 Å². The van der Waals surface area contributed by atoms with Gasteiger partial charge in [0.25, 0.3) is 0 Å². The Morgan fingerprint density at radius 2 is 1.50 bits per heavy atom. The van der Waals surface area contributed by atoms with E-state index in [4.69, 9.17) is 0 Å². The second kappa shape index (κ2) is 4.63. The summed E-state index contributed by atoms with van der Waals surface area (Å²) in [6.07, 6.45) is 8.49. The van der Waals surface area contributed by atoms with E-state index < -0.39 is 0 Å². The van der Waals surface area contributed by atoms with Gasteiger partial charge in [0.2, 0.25) is 0 Å². The first-order chi connectivity index (χ1) is 6.77. The van der Waals surface area contributed by atoms with Crippen molar-refractivity contribution >= 4 is 0 Å². The molecular weight excluding hydrogens is 172 g/mol. The maximum Gasteiger partial charge on any atom is 0.0545 e. The number of quaternary nitrogens is 1. The van der Waals surface area contributed by atoms with Crippen LogP contribution < -0.4 is 4.90 Å². The van der Waals surface area contributed by atoms with Crippen LogP contribution in [0.25, 0.3) is 0 Å². The average Bonchev–Trinajstić information content (AvgIpc) is 2.71. The molecule has 0 spiro atoms. The lowest BCUT2D eigenvalue weighted by atomic mass is 10.0. The normalized spacial score (nSPS) is 35.4. The highest BCUT2D eigenvalue weighted by Crippen LogP contribution is 2.25. The van der Waals surface area contributed by atoms with Crippen LogP contribution in [0.4, 0.5) is 0 Å². The molecule has 0 radical (unpaired) electrons. The molecule has 0 aromatic rings. The van der Waals surface area contributed by atoms with E-state index >= 15 is 0 Å². The topological polar surface area (TPSA) is 7.68 Å². The van der Waals surface area contributed by atoms with Gasteiger partial charge in [-0.2, -0.15) is 7.05 Å².